The molecule has 0 aliphatic heterocycles. The van der Waals surface area contributed by atoms with E-state index in [0.29, 0.717) is 19.3 Å². The third kappa shape index (κ3) is 3.37. The smallest absolute Gasteiger partial charge is 0.428 e. The molecule has 4 bridgehead atoms. The molecule has 0 saturated heterocycles. The second kappa shape index (κ2) is 6.73. The average molecular weight is 435 g/mol. The number of rotatable bonds is 6. The monoisotopic (exact) mass is 435 g/mol. The van der Waals surface area contributed by atoms with Crippen molar-refractivity contribution >= 4 is 22.1 Å². The first-order chi connectivity index (χ1) is 13.1. The number of carbonyl (C=O) groups is 2. The number of hydrogen-bond acceptors (Lipinski definition) is 7. The number of ether oxygens (including phenoxy) is 2. The van der Waals surface area contributed by atoms with Gasteiger partial charge in [-0.05, 0) is 50.9 Å². The molecule has 10 heteroatoms. The third-order valence-corrected chi connectivity index (χ3v) is 7.59. The van der Waals surface area contributed by atoms with E-state index in [1.807, 2.05) is 13.8 Å². The molecule has 0 N–H and O–H groups in total. The van der Waals surface area contributed by atoms with Crippen molar-refractivity contribution < 1.29 is 40.8 Å². The Morgan fingerprint density at radius 3 is 2.07 bits per heavy atom. The van der Waals surface area contributed by atoms with Crippen LogP contribution in [0.4, 0.5) is 8.78 Å². The van der Waals surface area contributed by atoms with Gasteiger partial charge >= 0.3 is 17.2 Å². The van der Waals surface area contributed by atoms with E-state index in [-0.39, 0.29) is 42.1 Å². The normalized spacial score (nSPS) is 36.2. The first kappa shape index (κ1) is 22.1. The minimum Gasteiger partial charge on any atom is -0.743 e. The van der Waals surface area contributed by atoms with E-state index in [1.165, 1.54) is 0 Å². The fourth-order valence-corrected chi connectivity index (χ4v) is 6.13. The lowest BCUT2D eigenvalue weighted by atomic mass is 9.46. The van der Waals surface area contributed by atoms with Crippen molar-refractivity contribution in [3.05, 3.63) is 12.2 Å². The van der Waals surface area contributed by atoms with Gasteiger partial charge in [0.05, 0.1) is 0 Å². The molecule has 2 atom stereocenters. The van der Waals surface area contributed by atoms with E-state index in [0.717, 1.165) is 0 Å². The largest absolute Gasteiger partial charge is 0.743 e. The molecule has 4 fully saturated rings. The zero-order valence-electron chi connectivity index (χ0n) is 16.6. The Labute approximate surface area is 168 Å². The molecule has 7 nitrogen and oxygen atoms in total. The maximum atomic E-state index is 13.7. The molecule has 4 aliphatic rings. The Kier molecular flexibility index (Phi) is 5.14. The lowest BCUT2D eigenvalue weighted by Crippen LogP contribution is -2.68. The maximum Gasteiger partial charge on any atom is 0.428 e. The lowest BCUT2D eigenvalue weighted by Gasteiger charge is -2.64. The molecule has 0 amide bonds. The van der Waals surface area contributed by atoms with Crippen LogP contribution in [0.25, 0.3) is 0 Å². The summed E-state index contributed by atoms with van der Waals surface area (Å²) in [5, 5.41) is -5.14. The summed E-state index contributed by atoms with van der Waals surface area (Å²) in [6.07, 6.45) is 2.04. The second-order valence-electron chi connectivity index (χ2n) is 9.07. The van der Waals surface area contributed by atoms with Crippen LogP contribution in [0, 0.1) is 23.7 Å². The van der Waals surface area contributed by atoms with Gasteiger partial charge in [-0.25, -0.2) is 18.0 Å². The maximum absolute atomic E-state index is 13.7. The van der Waals surface area contributed by atoms with Gasteiger partial charge in [-0.15, -0.1) is 0 Å². The van der Waals surface area contributed by atoms with E-state index in [1.54, 1.807) is 6.92 Å². The fourth-order valence-electron chi connectivity index (χ4n) is 5.89. The molecule has 0 aromatic carbocycles. The van der Waals surface area contributed by atoms with Crippen molar-refractivity contribution in [2.45, 2.75) is 69.3 Å². The van der Waals surface area contributed by atoms with E-state index in [2.05, 4.69) is 6.58 Å². The molecule has 4 saturated carbocycles. The molecule has 2 unspecified atom stereocenters. The van der Waals surface area contributed by atoms with Crippen LogP contribution >= 0.6 is 0 Å². The van der Waals surface area contributed by atoms with Gasteiger partial charge in [-0.1, -0.05) is 20.4 Å². The quantitative estimate of drug-likeness (QED) is 0.358. The van der Waals surface area contributed by atoms with Gasteiger partial charge in [-0.2, -0.15) is 8.78 Å². The molecule has 0 radical (unpaired) electrons. The highest BCUT2D eigenvalue weighted by Gasteiger charge is 2.67. The van der Waals surface area contributed by atoms with Crippen molar-refractivity contribution in [3.8, 4) is 0 Å². The summed E-state index contributed by atoms with van der Waals surface area (Å²) in [6, 6.07) is 0. The van der Waals surface area contributed by atoms with Crippen molar-refractivity contribution in [1.82, 2.24) is 0 Å². The molecule has 29 heavy (non-hydrogen) atoms. The van der Waals surface area contributed by atoms with Gasteiger partial charge in [-0.3, -0.25) is 0 Å². The number of alkyl halides is 2. The predicted molar refractivity (Wildman–Crippen MR) is 95.5 cm³/mol. The van der Waals surface area contributed by atoms with Gasteiger partial charge < -0.3 is 14.0 Å². The molecule has 0 aromatic heterocycles. The van der Waals surface area contributed by atoms with Crippen LogP contribution in [-0.2, 0) is 29.2 Å². The number of esters is 2. The standard InChI is InChI=1S/C19H26F2O7S/c1-10(2)15(22)27-18(11(3)4)13-5-12-6-14(18)9-17(7-12,8-13)28-16(23)19(20,21)29(24,25)26/h11-14H,1,5-9H2,2-4H3,(H,24,25,26)/p-1. The van der Waals surface area contributed by atoms with Gasteiger partial charge in [0.1, 0.15) is 11.2 Å². The predicted octanol–water partition coefficient (Wildman–Crippen LogP) is 2.76. The van der Waals surface area contributed by atoms with Crippen LogP contribution in [0.5, 0.6) is 0 Å². The number of halogens is 2. The zero-order chi connectivity index (χ0) is 22.0. The number of hydrogen-bond donors (Lipinski definition) is 0. The first-order valence-corrected chi connectivity index (χ1v) is 11.0. The molecule has 4 aliphatic carbocycles. The summed E-state index contributed by atoms with van der Waals surface area (Å²) in [5.41, 5.74) is -1.87. The Balaban J connectivity index is 1.91. The van der Waals surface area contributed by atoms with Crippen LogP contribution in [0.15, 0.2) is 12.2 Å². The Morgan fingerprint density at radius 1 is 1.14 bits per heavy atom. The summed E-state index contributed by atoms with van der Waals surface area (Å²) < 4.78 is 70.7. The van der Waals surface area contributed by atoms with Crippen LogP contribution < -0.4 is 0 Å². The van der Waals surface area contributed by atoms with Crippen molar-refractivity contribution in [2.24, 2.45) is 23.7 Å². The van der Waals surface area contributed by atoms with Crippen molar-refractivity contribution in [3.63, 3.8) is 0 Å². The average Bonchev–Trinajstić information content (AvgIpc) is 2.55. The minimum absolute atomic E-state index is 0.0722. The summed E-state index contributed by atoms with van der Waals surface area (Å²) >= 11 is 0. The molecule has 0 spiro atoms. The van der Waals surface area contributed by atoms with Crippen LogP contribution in [-0.4, -0.2) is 41.4 Å². The highest BCUT2D eigenvalue weighted by molar-refractivity contribution is 7.87. The summed E-state index contributed by atoms with van der Waals surface area (Å²) in [4.78, 5) is 24.2. The SMILES string of the molecule is C=C(C)C(=O)OC1(C(C)C)C2CC3CC1CC(OC(=O)C(F)(F)S(=O)(=O)[O-])(C3)C2. The number of carbonyl (C=O) groups excluding carboxylic acids is 2. The van der Waals surface area contributed by atoms with Crippen LogP contribution in [0.3, 0.4) is 0 Å². The van der Waals surface area contributed by atoms with Crippen molar-refractivity contribution in [2.75, 3.05) is 0 Å². The highest BCUT2D eigenvalue weighted by Crippen LogP contribution is 2.64. The topological polar surface area (TPSA) is 110 Å². The van der Waals surface area contributed by atoms with Gasteiger partial charge in [0.2, 0.25) is 0 Å². The van der Waals surface area contributed by atoms with Crippen LogP contribution in [0.2, 0.25) is 0 Å². The Hall–Kier alpha value is -1.55. The second-order valence-corrected chi connectivity index (χ2v) is 10.5. The van der Waals surface area contributed by atoms with Gasteiger partial charge in [0.15, 0.2) is 10.1 Å². The van der Waals surface area contributed by atoms with Gasteiger partial charge in [0, 0.05) is 17.4 Å². The van der Waals surface area contributed by atoms with E-state index < -0.39 is 38.5 Å². The van der Waals surface area contributed by atoms with E-state index in [9.17, 15) is 31.3 Å². The fraction of sp³-hybridized carbons (Fsp3) is 0.789. The van der Waals surface area contributed by atoms with E-state index >= 15 is 0 Å². The molecular formula is C19H25F2O7S-. The van der Waals surface area contributed by atoms with Crippen LogP contribution in [0.1, 0.15) is 52.9 Å². The lowest BCUT2D eigenvalue weighted by molar-refractivity contribution is -0.263. The minimum atomic E-state index is -6.18. The van der Waals surface area contributed by atoms with Crippen molar-refractivity contribution in [1.29, 1.82) is 0 Å². The summed E-state index contributed by atoms with van der Waals surface area (Å²) in [5.74, 6) is -3.32. The summed E-state index contributed by atoms with van der Waals surface area (Å²) in [7, 11) is -6.18. The van der Waals surface area contributed by atoms with Gasteiger partial charge in [0.25, 0.3) is 0 Å². The zero-order valence-corrected chi connectivity index (χ0v) is 17.4. The Bertz CT molecular complexity index is 833. The third-order valence-electron chi connectivity index (χ3n) is 6.79. The molecule has 4 rings (SSSR count). The first-order valence-electron chi connectivity index (χ1n) is 9.60. The molecular weight excluding hydrogens is 410 g/mol. The summed E-state index contributed by atoms with van der Waals surface area (Å²) in [6.45, 7) is 9.00. The highest BCUT2D eigenvalue weighted by atomic mass is 32.2. The molecule has 164 valence electrons. The Morgan fingerprint density at radius 2 is 1.66 bits per heavy atom. The molecule has 0 heterocycles. The molecule has 0 aromatic rings. The van der Waals surface area contributed by atoms with E-state index in [4.69, 9.17) is 9.47 Å².